The number of hydrogen-bond donors (Lipinski definition) is 1. The van der Waals surface area contributed by atoms with Gasteiger partial charge in [0.05, 0.1) is 11.6 Å². The summed E-state index contributed by atoms with van der Waals surface area (Å²) in [6.07, 6.45) is 3.74. The average molecular weight is 172 g/mol. The van der Waals surface area contributed by atoms with Gasteiger partial charge in [0.25, 0.3) is 0 Å². The molecule has 2 nitrogen and oxygen atoms in total. The van der Waals surface area contributed by atoms with Gasteiger partial charge in [-0.25, -0.2) is 0 Å². The highest BCUT2D eigenvalue weighted by molar-refractivity contribution is 5.53. The van der Waals surface area contributed by atoms with Crippen LogP contribution in [0.15, 0.2) is 18.2 Å². The second-order valence-electron chi connectivity index (χ2n) is 3.58. The summed E-state index contributed by atoms with van der Waals surface area (Å²) >= 11 is 0. The fraction of sp³-hybridized carbons (Fsp3) is 0.364. The standard InChI is InChI=1S/C11H12N2/c12-7-8-4-5-11(13)10(6-8)9-2-1-3-9/h4-6,9H,1-3,13H2. The average Bonchev–Trinajstić information content (AvgIpc) is 2.06. The van der Waals surface area contributed by atoms with E-state index in [4.69, 9.17) is 11.0 Å². The molecule has 0 aromatic heterocycles. The zero-order valence-corrected chi connectivity index (χ0v) is 7.46. The Hall–Kier alpha value is -1.49. The molecule has 2 N–H and O–H groups in total. The summed E-state index contributed by atoms with van der Waals surface area (Å²) < 4.78 is 0. The van der Waals surface area contributed by atoms with Gasteiger partial charge in [-0.2, -0.15) is 5.26 Å². The van der Waals surface area contributed by atoms with Crippen molar-refractivity contribution in [1.82, 2.24) is 0 Å². The quantitative estimate of drug-likeness (QED) is 0.661. The van der Waals surface area contributed by atoms with Crippen molar-refractivity contribution in [1.29, 1.82) is 5.26 Å². The Morgan fingerprint density at radius 1 is 1.38 bits per heavy atom. The van der Waals surface area contributed by atoms with Crippen molar-refractivity contribution in [3.05, 3.63) is 29.3 Å². The summed E-state index contributed by atoms with van der Waals surface area (Å²) in [5, 5.41) is 8.73. The Morgan fingerprint density at radius 2 is 2.15 bits per heavy atom. The highest BCUT2D eigenvalue weighted by Crippen LogP contribution is 2.39. The second-order valence-corrected chi connectivity index (χ2v) is 3.58. The third-order valence-corrected chi connectivity index (χ3v) is 2.76. The van der Waals surface area contributed by atoms with Crippen LogP contribution in [-0.4, -0.2) is 0 Å². The summed E-state index contributed by atoms with van der Waals surface area (Å²) in [5.41, 5.74) is 8.57. The van der Waals surface area contributed by atoms with E-state index in [-0.39, 0.29) is 0 Å². The van der Waals surface area contributed by atoms with Crippen molar-refractivity contribution in [2.45, 2.75) is 25.2 Å². The maximum absolute atomic E-state index is 8.73. The normalized spacial score (nSPS) is 16.2. The molecular formula is C11H12N2. The molecule has 13 heavy (non-hydrogen) atoms. The van der Waals surface area contributed by atoms with E-state index in [9.17, 15) is 0 Å². The summed E-state index contributed by atoms with van der Waals surface area (Å²) in [6, 6.07) is 7.69. The van der Waals surface area contributed by atoms with Gasteiger partial charge in [-0.1, -0.05) is 6.42 Å². The molecule has 1 aliphatic carbocycles. The van der Waals surface area contributed by atoms with Crippen molar-refractivity contribution in [3.8, 4) is 6.07 Å². The lowest BCUT2D eigenvalue weighted by atomic mass is 9.79. The zero-order chi connectivity index (χ0) is 9.26. The van der Waals surface area contributed by atoms with Gasteiger partial charge in [-0.3, -0.25) is 0 Å². The topological polar surface area (TPSA) is 49.8 Å². The van der Waals surface area contributed by atoms with Crippen molar-refractivity contribution in [2.24, 2.45) is 0 Å². The van der Waals surface area contributed by atoms with E-state index in [1.807, 2.05) is 12.1 Å². The Kier molecular flexibility index (Phi) is 1.94. The Morgan fingerprint density at radius 3 is 2.69 bits per heavy atom. The van der Waals surface area contributed by atoms with Crippen LogP contribution in [0.4, 0.5) is 5.69 Å². The van der Waals surface area contributed by atoms with Crippen LogP contribution in [0, 0.1) is 11.3 Å². The third kappa shape index (κ3) is 1.38. The molecule has 0 atom stereocenters. The lowest BCUT2D eigenvalue weighted by molar-refractivity contribution is 0.421. The number of nitrogens with zero attached hydrogens (tertiary/aromatic N) is 1. The van der Waals surface area contributed by atoms with E-state index in [0.717, 1.165) is 11.3 Å². The van der Waals surface area contributed by atoms with Crippen molar-refractivity contribution < 1.29 is 0 Å². The Labute approximate surface area is 78.0 Å². The minimum Gasteiger partial charge on any atom is -0.398 e. The predicted molar refractivity (Wildman–Crippen MR) is 52.2 cm³/mol. The highest BCUT2D eigenvalue weighted by Gasteiger charge is 2.21. The molecular weight excluding hydrogens is 160 g/mol. The van der Waals surface area contributed by atoms with Gasteiger partial charge in [-0.05, 0) is 42.5 Å². The number of benzene rings is 1. The zero-order valence-electron chi connectivity index (χ0n) is 7.46. The molecule has 0 amide bonds. The van der Waals surface area contributed by atoms with Crippen LogP contribution < -0.4 is 5.73 Å². The number of nitriles is 1. The van der Waals surface area contributed by atoms with Gasteiger partial charge in [0.2, 0.25) is 0 Å². The molecule has 1 aliphatic rings. The van der Waals surface area contributed by atoms with Crippen molar-refractivity contribution >= 4 is 5.69 Å². The van der Waals surface area contributed by atoms with E-state index in [1.165, 1.54) is 24.8 Å². The Balaban J connectivity index is 2.37. The first-order valence-corrected chi connectivity index (χ1v) is 4.61. The molecule has 2 rings (SSSR count). The monoisotopic (exact) mass is 172 g/mol. The smallest absolute Gasteiger partial charge is 0.0991 e. The van der Waals surface area contributed by atoms with Gasteiger partial charge in [0.15, 0.2) is 0 Å². The van der Waals surface area contributed by atoms with Crippen LogP contribution in [0.25, 0.3) is 0 Å². The van der Waals surface area contributed by atoms with E-state index in [2.05, 4.69) is 6.07 Å². The SMILES string of the molecule is N#Cc1ccc(N)c(C2CCC2)c1. The Bertz CT molecular complexity index is 359. The first-order valence-electron chi connectivity index (χ1n) is 4.61. The number of nitrogens with two attached hydrogens (primary N) is 1. The predicted octanol–water partition coefficient (Wildman–Crippen LogP) is 2.41. The molecule has 1 aromatic rings. The van der Waals surface area contributed by atoms with Gasteiger partial charge in [0, 0.05) is 5.69 Å². The fourth-order valence-corrected chi connectivity index (χ4v) is 1.72. The van der Waals surface area contributed by atoms with Gasteiger partial charge in [0.1, 0.15) is 0 Å². The van der Waals surface area contributed by atoms with Crippen LogP contribution in [-0.2, 0) is 0 Å². The molecule has 1 aromatic carbocycles. The van der Waals surface area contributed by atoms with Crippen molar-refractivity contribution in [3.63, 3.8) is 0 Å². The summed E-state index contributed by atoms with van der Waals surface area (Å²) in [5.74, 6) is 0.605. The van der Waals surface area contributed by atoms with E-state index >= 15 is 0 Å². The van der Waals surface area contributed by atoms with Crippen LogP contribution in [0.5, 0.6) is 0 Å². The largest absolute Gasteiger partial charge is 0.398 e. The molecule has 1 saturated carbocycles. The van der Waals surface area contributed by atoms with Crippen LogP contribution in [0.3, 0.4) is 0 Å². The fourth-order valence-electron chi connectivity index (χ4n) is 1.72. The first-order chi connectivity index (χ1) is 6.31. The molecule has 0 unspecified atom stereocenters. The van der Waals surface area contributed by atoms with Gasteiger partial charge < -0.3 is 5.73 Å². The number of anilines is 1. The van der Waals surface area contributed by atoms with Gasteiger partial charge in [-0.15, -0.1) is 0 Å². The molecule has 0 aliphatic heterocycles. The van der Waals surface area contributed by atoms with E-state index < -0.39 is 0 Å². The van der Waals surface area contributed by atoms with Crippen LogP contribution >= 0.6 is 0 Å². The minimum atomic E-state index is 0.605. The lowest BCUT2D eigenvalue weighted by Gasteiger charge is -2.27. The van der Waals surface area contributed by atoms with Gasteiger partial charge >= 0.3 is 0 Å². The molecule has 66 valence electrons. The molecule has 1 fully saturated rings. The second kappa shape index (κ2) is 3.10. The molecule has 0 saturated heterocycles. The maximum Gasteiger partial charge on any atom is 0.0991 e. The van der Waals surface area contributed by atoms with Crippen molar-refractivity contribution in [2.75, 3.05) is 5.73 Å². The summed E-state index contributed by atoms with van der Waals surface area (Å²) in [4.78, 5) is 0. The lowest BCUT2D eigenvalue weighted by Crippen LogP contribution is -2.11. The van der Waals surface area contributed by atoms with E-state index in [1.54, 1.807) is 6.07 Å². The first kappa shape index (κ1) is 8.12. The number of nitrogen functional groups attached to an aromatic ring is 1. The molecule has 0 spiro atoms. The highest BCUT2D eigenvalue weighted by atomic mass is 14.6. The number of rotatable bonds is 1. The summed E-state index contributed by atoms with van der Waals surface area (Å²) in [7, 11) is 0. The molecule has 0 radical (unpaired) electrons. The van der Waals surface area contributed by atoms with E-state index in [0.29, 0.717) is 5.92 Å². The van der Waals surface area contributed by atoms with Crippen LogP contribution in [0.1, 0.15) is 36.3 Å². The molecule has 2 heteroatoms. The summed E-state index contributed by atoms with van der Waals surface area (Å²) in [6.45, 7) is 0. The minimum absolute atomic E-state index is 0.605. The molecule has 0 bridgehead atoms. The number of hydrogen-bond acceptors (Lipinski definition) is 2. The molecule has 0 heterocycles. The maximum atomic E-state index is 8.73. The third-order valence-electron chi connectivity index (χ3n) is 2.76. The van der Waals surface area contributed by atoms with Crippen LogP contribution in [0.2, 0.25) is 0 Å².